The fraction of sp³-hybridized carbons (Fsp3) is 0.462. The molecular weight excluding hydrogens is 286 g/mol. The summed E-state index contributed by atoms with van der Waals surface area (Å²) in [5.74, 6) is -2.22. The summed E-state index contributed by atoms with van der Waals surface area (Å²) in [6.45, 7) is -0.332. The summed E-state index contributed by atoms with van der Waals surface area (Å²) in [6.07, 6.45) is -0.699. The summed E-state index contributed by atoms with van der Waals surface area (Å²) < 4.78 is 39.4. The van der Waals surface area contributed by atoms with Gasteiger partial charge in [0.05, 0.1) is 31.7 Å². The molecule has 2 N–H and O–H groups in total. The van der Waals surface area contributed by atoms with Gasteiger partial charge in [0.1, 0.15) is 17.8 Å². The van der Waals surface area contributed by atoms with Crippen LogP contribution in [-0.2, 0) is 4.74 Å². The third-order valence-electron chi connectivity index (χ3n) is 3.62. The number of rotatable bonds is 3. The molecule has 3 rings (SSSR count). The maximum absolute atomic E-state index is 14.1. The number of halogens is 2. The standard InChI is InChI=1S/C13H14F2N2O4/c1-20-13-6(14)2-7-12(11(13)15)16-5-17(7)10-3-8(19)9(4-18)21-10/h2,5,8-10,18-19H,3-4H2,1H3/t8-,9+,10+/m0/s1. The van der Waals surface area contributed by atoms with Crippen LogP contribution in [0.3, 0.4) is 0 Å². The first-order chi connectivity index (χ1) is 10.1. The Morgan fingerprint density at radius 3 is 2.90 bits per heavy atom. The first-order valence-electron chi connectivity index (χ1n) is 6.39. The van der Waals surface area contributed by atoms with Crippen molar-refractivity contribution in [2.75, 3.05) is 13.7 Å². The predicted molar refractivity (Wildman–Crippen MR) is 67.8 cm³/mol. The molecule has 1 saturated heterocycles. The van der Waals surface area contributed by atoms with E-state index in [9.17, 15) is 13.9 Å². The minimum Gasteiger partial charge on any atom is -0.491 e. The van der Waals surface area contributed by atoms with Crippen molar-refractivity contribution in [2.24, 2.45) is 0 Å². The number of imidazole rings is 1. The normalized spacial score (nSPS) is 25.7. The van der Waals surface area contributed by atoms with E-state index in [0.29, 0.717) is 0 Å². The molecule has 21 heavy (non-hydrogen) atoms. The van der Waals surface area contributed by atoms with Gasteiger partial charge < -0.3 is 24.3 Å². The van der Waals surface area contributed by atoms with E-state index in [2.05, 4.69) is 9.72 Å². The molecule has 1 aromatic heterocycles. The predicted octanol–water partition coefficient (Wildman–Crippen LogP) is 0.964. The Labute approximate surface area is 118 Å². The van der Waals surface area contributed by atoms with Crippen molar-refractivity contribution in [2.45, 2.75) is 24.9 Å². The van der Waals surface area contributed by atoms with Gasteiger partial charge in [0.25, 0.3) is 0 Å². The molecule has 0 saturated carbocycles. The molecule has 0 amide bonds. The molecule has 114 valence electrons. The number of aliphatic hydroxyl groups is 2. The Balaban J connectivity index is 2.06. The van der Waals surface area contributed by atoms with E-state index in [1.807, 2.05) is 0 Å². The summed E-state index contributed by atoms with van der Waals surface area (Å²) in [6, 6.07) is 1.10. The van der Waals surface area contributed by atoms with Gasteiger partial charge in [-0.3, -0.25) is 0 Å². The number of aliphatic hydroxyl groups excluding tert-OH is 2. The maximum Gasteiger partial charge on any atom is 0.195 e. The minimum absolute atomic E-state index is 0.0428. The molecule has 1 fully saturated rings. The number of aromatic nitrogens is 2. The molecule has 0 spiro atoms. The number of benzene rings is 1. The van der Waals surface area contributed by atoms with Crippen molar-refractivity contribution < 1.29 is 28.5 Å². The lowest BCUT2D eigenvalue weighted by Crippen LogP contribution is -2.24. The lowest BCUT2D eigenvalue weighted by atomic mass is 10.2. The Kier molecular flexibility index (Phi) is 3.52. The monoisotopic (exact) mass is 300 g/mol. The fourth-order valence-corrected chi connectivity index (χ4v) is 2.55. The number of ether oxygens (including phenoxy) is 2. The first kappa shape index (κ1) is 14.2. The van der Waals surface area contributed by atoms with E-state index in [0.717, 1.165) is 6.07 Å². The van der Waals surface area contributed by atoms with Crippen molar-refractivity contribution in [3.05, 3.63) is 24.0 Å². The highest BCUT2D eigenvalue weighted by molar-refractivity contribution is 5.78. The first-order valence-corrected chi connectivity index (χ1v) is 6.39. The van der Waals surface area contributed by atoms with Gasteiger partial charge in [-0.05, 0) is 0 Å². The van der Waals surface area contributed by atoms with Gasteiger partial charge in [-0.15, -0.1) is 0 Å². The molecule has 1 aliphatic heterocycles. The smallest absolute Gasteiger partial charge is 0.195 e. The lowest BCUT2D eigenvalue weighted by molar-refractivity contribution is -0.0430. The highest BCUT2D eigenvalue weighted by Gasteiger charge is 2.35. The van der Waals surface area contributed by atoms with Gasteiger partial charge in [0.15, 0.2) is 17.4 Å². The minimum atomic E-state index is -0.886. The van der Waals surface area contributed by atoms with Gasteiger partial charge in [0.2, 0.25) is 0 Å². The van der Waals surface area contributed by atoms with Crippen LogP contribution in [0.5, 0.6) is 5.75 Å². The summed E-state index contributed by atoms with van der Waals surface area (Å²) in [7, 11) is 1.17. The Bertz CT molecular complexity index is 676. The fourth-order valence-electron chi connectivity index (χ4n) is 2.55. The molecular formula is C13H14F2N2O4. The van der Waals surface area contributed by atoms with Gasteiger partial charge in [-0.25, -0.2) is 13.8 Å². The van der Waals surface area contributed by atoms with Crippen LogP contribution < -0.4 is 4.74 Å². The SMILES string of the molecule is COc1c(F)cc2c(ncn2[C@H]2C[C@H](O)[C@@H](CO)O2)c1F. The Hall–Kier alpha value is -1.77. The van der Waals surface area contributed by atoms with E-state index in [1.165, 1.54) is 18.0 Å². The van der Waals surface area contributed by atoms with Crippen molar-refractivity contribution in [3.8, 4) is 5.75 Å². The molecule has 6 nitrogen and oxygen atoms in total. The number of hydrogen-bond acceptors (Lipinski definition) is 5. The zero-order valence-electron chi connectivity index (χ0n) is 11.2. The van der Waals surface area contributed by atoms with Crippen molar-refractivity contribution in [3.63, 3.8) is 0 Å². The Morgan fingerprint density at radius 2 is 2.29 bits per heavy atom. The van der Waals surface area contributed by atoms with Gasteiger partial charge in [-0.1, -0.05) is 0 Å². The maximum atomic E-state index is 14.1. The van der Waals surface area contributed by atoms with Gasteiger partial charge >= 0.3 is 0 Å². The second-order valence-electron chi connectivity index (χ2n) is 4.84. The zero-order valence-corrected chi connectivity index (χ0v) is 11.2. The van der Waals surface area contributed by atoms with Crippen molar-refractivity contribution in [1.29, 1.82) is 0 Å². The quantitative estimate of drug-likeness (QED) is 0.883. The summed E-state index contributed by atoms with van der Waals surface area (Å²) in [4.78, 5) is 3.91. The van der Waals surface area contributed by atoms with E-state index in [4.69, 9.17) is 9.84 Å². The van der Waals surface area contributed by atoms with Gasteiger partial charge in [-0.2, -0.15) is 0 Å². The van der Waals surface area contributed by atoms with E-state index in [1.54, 1.807) is 0 Å². The molecule has 0 aliphatic carbocycles. The van der Waals surface area contributed by atoms with E-state index in [-0.39, 0.29) is 24.1 Å². The molecule has 1 aromatic carbocycles. The van der Waals surface area contributed by atoms with Crippen LogP contribution >= 0.6 is 0 Å². The zero-order chi connectivity index (χ0) is 15.1. The molecule has 3 atom stereocenters. The van der Waals surface area contributed by atoms with Crippen LogP contribution in [0.4, 0.5) is 8.78 Å². The molecule has 0 radical (unpaired) electrons. The van der Waals surface area contributed by atoms with Crippen LogP contribution in [0.15, 0.2) is 12.4 Å². The average molecular weight is 300 g/mol. The summed E-state index contributed by atoms with van der Waals surface area (Å²) in [5, 5.41) is 18.8. The van der Waals surface area contributed by atoms with Crippen LogP contribution in [0.25, 0.3) is 11.0 Å². The highest BCUT2D eigenvalue weighted by Crippen LogP contribution is 2.34. The molecule has 0 unspecified atom stereocenters. The molecule has 2 aromatic rings. The van der Waals surface area contributed by atoms with E-state index < -0.39 is 35.8 Å². The molecule has 0 bridgehead atoms. The number of methoxy groups -OCH3 is 1. The second-order valence-corrected chi connectivity index (χ2v) is 4.84. The highest BCUT2D eigenvalue weighted by atomic mass is 19.1. The summed E-state index contributed by atoms with van der Waals surface area (Å²) >= 11 is 0. The Morgan fingerprint density at radius 1 is 1.52 bits per heavy atom. The second kappa shape index (κ2) is 5.21. The number of nitrogens with zero attached hydrogens (tertiary/aromatic N) is 2. The van der Waals surface area contributed by atoms with Crippen LogP contribution in [-0.4, -0.2) is 45.7 Å². The summed E-state index contributed by atoms with van der Waals surface area (Å²) in [5.41, 5.74) is 0.153. The molecule has 8 heteroatoms. The average Bonchev–Trinajstić information content (AvgIpc) is 3.02. The third kappa shape index (κ3) is 2.15. The largest absolute Gasteiger partial charge is 0.491 e. The number of hydrogen-bond donors (Lipinski definition) is 2. The molecule has 2 heterocycles. The van der Waals surface area contributed by atoms with Crippen LogP contribution in [0.1, 0.15) is 12.6 Å². The van der Waals surface area contributed by atoms with Crippen molar-refractivity contribution in [1.82, 2.24) is 9.55 Å². The third-order valence-corrected chi connectivity index (χ3v) is 3.62. The lowest BCUT2D eigenvalue weighted by Gasteiger charge is -2.14. The topological polar surface area (TPSA) is 76.7 Å². The van der Waals surface area contributed by atoms with Crippen molar-refractivity contribution >= 4 is 11.0 Å². The van der Waals surface area contributed by atoms with E-state index >= 15 is 0 Å². The van der Waals surface area contributed by atoms with Gasteiger partial charge in [0, 0.05) is 12.5 Å². The number of fused-ring (bicyclic) bond motifs is 1. The van der Waals surface area contributed by atoms with Crippen LogP contribution in [0.2, 0.25) is 0 Å². The van der Waals surface area contributed by atoms with Crippen LogP contribution in [0, 0.1) is 11.6 Å². The molecule has 1 aliphatic rings.